The van der Waals surface area contributed by atoms with Crippen LogP contribution < -0.4 is 15.5 Å². The molecule has 0 fully saturated rings. The molecule has 0 saturated carbocycles. The molecule has 2 atom stereocenters. The van der Waals surface area contributed by atoms with Gasteiger partial charge >= 0.3 is 0 Å². The molecule has 0 spiro atoms. The highest BCUT2D eigenvalue weighted by atomic mass is 32.2. The fourth-order valence-corrected chi connectivity index (χ4v) is 4.75. The number of nitrogens with zero attached hydrogens (tertiary/aromatic N) is 3. The Morgan fingerprint density at radius 1 is 1.17 bits per heavy atom. The van der Waals surface area contributed by atoms with Crippen molar-refractivity contribution in [2.24, 2.45) is 0 Å². The molecule has 0 unspecified atom stereocenters. The summed E-state index contributed by atoms with van der Waals surface area (Å²) in [5.41, 5.74) is 7.47. The Labute approximate surface area is 180 Å². The van der Waals surface area contributed by atoms with Crippen LogP contribution in [0.4, 0.5) is 5.69 Å². The second-order valence-corrected chi connectivity index (χ2v) is 8.48. The molecule has 3 aromatic rings. The highest BCUT2D eigenvalue weighted by molar-refractivity contribution is 8.00. The Kier molecular flexibility index (Phi) is 5.67. The molecule has 1 aromatic heterocycles. The fraction of sp³-hybridized carbons (Fsp3) is 0.318. The molecule has 8 heteroatoms. The van der Waals surface area contributed by atoms with Crippen LogP contribution in [0.25, 0.3) is 0 Å². The van der Waals surface area contributed by atoms with E-state index < -0.39 is 5.25 Å². The van der Waals surface area contributed by atoms with Gasteiger partial charge < -0.3 is 15.5 Å². The topological polar surface area (TPSA) is 81.1 Å². The van der Waals surface area contributed by atoms with Crippen LogP contribution in [-0.4, -0.2) is 33.1 Å². The lowest BCUT2D eigenvalue weighted by molar-refractivity contribution is -0.116. The summed E-state index contributed by atoms with van der Waals surface area (Å²) in [5, 5.41) is 11.9. The number of methoxy groups -OCH3 is 1. The predicted octanol–water partition coefficient (Wildman–Crippen LogP) is 3.86. The zero-order valence-corrected chi connectivity index (χ0v) is 18.3. The molecule has 2 N–H and O–H groups in total. The van der Waals surface area contributed by atoms with Crippen molar-refractivity contribution in [1.82, 2.24) is 14.9 Å². The van der Waals surface area contributed by atoms with Crippen molar-refractivity contribution in [2.45, 2.75) is 43.6 Å². The van der Waals surface area contributed by atoms with E-state index in [4.69, 9.17) is 4.74 Å². The number of thioether (sulfide) groups is 1. The predicted molar refractivity (Wildman–Crippen MR) is 119 cm³/mol. The minimum Gasteiger partial charge on any atom is -0.497 e. The van der Waals surface area contributed by atoms with Crippen LogP contribution in [0.2, 0.25) is 0 Å². The average Bonchev–Trinajstić information content (AvgIpc) is 3.14. The van der Waals surface area contributed by atoms with Crippen molar-refractivity contribution in [3.63, 3.8) is 0 Å². The zero-order valence-electron chi connectivity index (χ0n) is 17.5. The Balaban J connectivity index is 1.67. The number of carbonyl (C=O) groups excluding carboxylic acids is 1. The summed E-state index contributed by atoms with van der Waals surface area (Å²) >= 11 is 1.43. The minimum atomic E-state index is -0.416. The SMILES string of the molecule is CCc1nnc2n1N[C@@H](c1ccc(OC)cc1)[C@@H](C(=O)Nc1cc(C)cc(C)c1)S2. The smallest absolute Gasteiger partial charge is 0.240 e. The van der Waals surface area contributed by atoms with Gasteiger partial charge in [-0.15, -0.1) is 10.2 Å². The van der Waals surface area contributed by atoms with Crippen molar-refractivity contribution in [3.8, 4) is 5.75 Å². The van der Waals surface area contributed by atoms with Crippen molar-refractivity contribution >= 4 is 23.4 Å². The Morgan fingerprint density at radius 3 is 2.50 bits per heavy atom. The van der Waals surface area contributed by atoms with Gasteiger partial charge in [-0.1, -0.05) is 36.9 Å². The number of hydrogen-bond acceptors (Lipinski definition) is 6. The largest absolute Gasteiger partial charge is 0.497 e. The molecular formula is C22H25N5O2S. The molecule has 1 aliphatic rings. The van der Waals surface area contributed by atoms with Crippen LogP contribution >= 0.6 is 11.8 Å². The van der Waals surface area contributed by atoms with E-state index in [0.717, 1.165) is 40.4 Å². The van der Waals surface area contributed by atoms with E-state index in [2.05, 4.69) is 27.0 Å². The average molecular weight is 424 g/mol. The monoisotopic (exact) mass is 423 g/mol. The summed E-state index contributed by atoms with van der Waals surface area (Å²) in [6.07, 6.45) is 0.745. The number of aromatic nitrogens is 3. The lowest BCUT2D eigenvalue weighted by atomic mass is 10.0. The van der Waals surface area contributed by atoms with Crippen LogP contribution in [-0.2, 0) is 11.2 Å². The van der Waals surface area contributed by atoms with Gasteiger partial charge in [0.2, 0.25) is 11.1 Å². The number of rotatable bonds is 5. The molecule has 156 valence electrons. The van der Waals surface area contributed by atoms with E-state index in [1.54, 1.807) is 7.11 Å². The first-order valence-electron chi connectivity index (χ1n) is 9.89. The number of anilines is 1. The van der Waals surface area contributed by atoms with Crippen molar-refractivity contribution in [3.05, 3.63) is 65.0 Å². The van der Waals surface area contributed by atoms with Gasteiger partial charge in [0.1, 0.15) is 11.0 Å². The summed E-state index contributed by atoms with van der Waals surface area (Å²) in [7, 11) is 1.64. The molecule has 0 saturated heterocycles. The number of ether oxygens (including phenoxy) is 1. The second-order valence-electron chi connectivity index (χ2n) is 7.37. The van der Waals surface area contributed by atoms with E-state index in [1.165, 1.54) is 11.8 Å². The third kappa shape index (κ3) is 4.00. The van der Waals surface area contributed by atoms with E-state index in [9.17, 15) is 4.79 Å². The lowest BCUT2D eigenvalue weighted by Crippen LogP contribution is -2.41. The van der Waals surface area contributed by atoms with Crippen LogP contribution in [0.5, 0.6) is 5.75 Å². The third-order valence-corrected chi connectivity index (χ3v) is 6.26. The highest BCUT2D eigenvalue weighted by Gasteiger charge is 2.37. The maximum Gasteiger partial charge on any atom is 0.240 e. The molecule has 0 radical (unpaired) electrons. The van der Waals surface area contributed by atoms with Gasteiger partial charge in [-0.05, 0) is 54.8 Å². The van der Waals surface area contributed by atoms with E-state index in [0.29, 0.717) is 5.16 Å². The number of amides is 1. The fourth-order valence-electron chi connectivity index (χ4n) is 3.65. The van der Waals surface area contributed by atoms with Gasteiger partial charge in [-0.2, -0.15) is 0 Å². The second kappa shape index (κ2) is 8.39. The molecule has 2 aromatic carbocycles. The first-order chi connectivity index (χ1) is 14.5. The van der Waals surface area contributed by atoms with E-state index >= 15 is 0 Å². The van der Waals surface area contributed by atoms with Gasteiger partial charge in [0.15, 0.2) is 5.82 Å². The van der Waals surface area contributed by atoms with Crippen LogP contribution in [0, 0.1) is 13.8 Å². The molecule has 0 aliphatic carbocycles. The maximum atomic E-state index is 13.3. The minimum absolute atomic E-state index is 0.0781. The van der Waals surface area contributed by atoms with Crippen LogP contribution in [0.1, 0.15) is 35.5 Å². The maximum absolute atomic E-state index is 13.3. The number of benzene rings is 2. The van der Waals surface area contributed by atoms with Gasteiger partial charge in [-0.3, -0.25) is 4.79 Å². The first-order valence-corrected chi connectivity index (χ1v) is 10.8. The normalized spacial score (nSPS) is 17.7. The van der Waals surface area contributed by atoms with Gasteiger partial charge in [-0.25, -0.2) is 4.68 Å². The zero-order chi connectivity index (χ0) is 21.3. The summed E-state index contributed by atoms with van der Waals surface area (Å²) in [5.74, 6) is 1.53. The highest BCUT2D eigenvalue weighted by Crippen LogP contribution is 2.38. The van der Waals surface area contributed by atoms with Crippen molar-refractivity contribution in [2.75, 3.05) is 17.9 Å². The number of fused-ring (bicyclic) bond motifs is 1. The quantitative estimate of drug-likeness (QED) is 0.649. The molecule has 4 rings (SSSR count). The van der Waals surface area contributed by atoms with Gasteiger partial charge in [0.05, 0.1) is 13.2 Å². The molecule has 0 bridgehead atoms. The Hall–Kier alpha value is -3.00. The van der Waals surface area contributed by atoms with Gasteiger partial charge in [0.25, 0.3) is 0 Å². The molecule has 30 heavy (non-hydrogen) atoms. The number of aryl methyl sites for hydroxylation is 3. The molecular weight excluding hydrogens is 398 g/mol. The van der Waals surface area contributed by atoms with Crippen molar-refractivity contribution in [1.29, 1.82) is 0 Å². The Morgan fingerprint density at radius 2 is 1.87 bits per heavy atom. The standard InChI is InChI=1S/C22H25N5O2S/c1-5-18-24-25-22-27(18)26-19(15-6-8-17(29-4)9-7-15)20(30-22)21(28)23-16-11-13(2)10-14(3)12-16/h6-12,19-20,26H,5H2,1-4H3,(H,23,28)/t19-,20-/m0/s1. The lowest BCUT2D eigenvalue weighted by Gasteiger charge is -2.33. The van der Waals surface area contributed by atoms with E-state index in [-0.39, 0.29) is 11.9 Å². The number of carbonyl (C=O) groups is 1. The van der Waals surface area contributed by atoms with Crippen molar-refractivity contribution < 1.29 is 9.53 Å². The van der Waals surface area contributed by atoms with Gasteiger partial charge in [0, 0.05) is 12.1 Å². The summed E-state index contributed by atoms with van der Waals surface area (Å²) < 4.78 is 7.17. The molecule has 7 nitrogen and oxygen atoms in total. The molecule has 1 aliphatic heterocycles. The summed E-state index contributed by atoms with van der Waals surface area (Å²) in [4.78, 5) is 13.3. The van der Waals surface area contributed by atoms with Crippen LogP contribution in [0.3, 0.4) is 0 Å². The first kappa shape index (κ1) is 20.3. The Bertz CT molecular complexity index is 1040. The third-order valence-electron chi connectivity index (χ3n) is 5.04. The van der Waals surface area contributed by atoms with Crippen LogP contribution in [0.15, 0.2) is 47.6 Å². The number of hydrogen-bond donors (Lipinski definition) is 2. The molecule has 2 heterocycles. The molecule has 1 amide bonds. The summed E-state index contributed by atoms with van der Waals surface area (Å²) in [6.45, 7) is 6.08. The number of nitrogens with one attached hydrogen (secondary N) is 2. The summed E-state index contributed by atoms with van der Waals surface area (Å²) in [6, 6.07) is 13.6. The van der Waals surface area contributed by atoms with E-state index in [1.807, 2.05) is 61.8 Å².